The van der Waals surface area contributed by atoms with Crippen molar-refractivity contribution >= 4 is 34.8 Å². The van der Waals surface area contributed by atoms with E-state index in [-0.39, 0.29) is 16.7 Å². The van der Waals surface area contributed by atoms with Crippen molar-refractivity contribution in [3.63, 3.8) is 0 Å². The lowest BCUT2D eigenvalue weighted by atomic mass is 9.70. The van der Waals surface area contributed by atoms with Crippen LogP contribution in [-0.4, -0.2) is 18.7 Å². The van der Waals surface area contributed by atoms with Gasteiger partial charge in [-0.15, -0.1) is 0 Å². The van der Waals surface area contributed by atoms with E-state index in [0.29, 0.717) is 27.3 Å². The summed E-state index contributed by atoms with van der Waals surface area (Å²) < 4.78 is 5.10. The highest BCUT2D eigenvalue weighted by Gasteiger charge is 2.60. The van der Waals surface area contributed by atoms with Gasteiger partial charge in [-0.25, -0.2) is 5.43 Å². The van der Waals surface area contributed by atoms with E-state index in [0.717, 1.165) is 18.6 Å². The number of hydrogen-bond acceptors (Lipinski definition) is 3. The average molecular weight is 369 g/mol. The highest BCUT2D eigenvalue weighted by Crippen LogP contribution is 2.63. The Hall–Kier alpha value is -1.26. The number of rotatable bonds is 3. The number of carbonyl (C=O) groups is 1. The van der Waals surface area contributed by atoms with Crippen molar-refractivity contribution in [1.29, 1.82) is 0 Å². The molecule has 0 saturated heterocycles. The maximum absolute atomic E-state index is 12.4. The highest BCUT2D eigenvalue weighted by molar-refractivity contribution is 6.37. The molecule has 0 aromatic heterocycles. The second-order valence-corrected chi connectivity index (χ2v) is 8.28. The number of carbonyl (C=O) groups excluding carboxylic acids is 1. The van der Waals surface area contributed by atoms with Gasteiger partial charge in [-0.2, -0.15) is 5.10 Å². The molecule has 1 aromatic carbocycles. The minimum Gasteiger partial charge on any atom is -0.494 e. The summed E-state index contributed by atoms with van der Waals surface area (Å²) in [6.07, 6.45) is 3.31. The third-order valence-corrected chi connectivity index (χ3v) is 6.83. The first-order valence-electron chi connectivity index (χ1n) is 8.11. The molecule has 0 spiro atoms. The van der Waals surface area contributed by atoms with Crippen molar-refractivity contribution in [3.8, 4) is 5.75 Å². The van der Waals surface area contributed by atoms with Crippen molar-refractivity contribution in [2.45, 2.75) is 40.0 Å². The van der Waals surface area contributed by atoms with Gasteiger partial charge in [-0.05, 0) is 42.7 Å². The largest absolute Gasteiger partial charge is 0.494 e. The zero-order valence-corrected chi connectivity index (χ0v) is 15.9. The van der Waals surface area contributed by atoms with Crippen molar-refractivity contribution in [3.05, 3.63) is 27.7 Å². The first kappa shape index (κ1) is 17.6. The zero-order chi connectivity index (χ0) is 17.7. The van der Waals surface area contributed by atoms with E-state index < -0.39 is 0 Å². The standard InChI is InChI=1S/C18H22Cl2N2O2/c1-17(2)11-5-6-18(17,3)14(9-11)21-22-16(23)10-7-12(19)15(24-4)13(20)8-10/h7-8,11H,5-6,9H2,1-4H3,(H,22,23)/b21-14-/t11-,18+/m1/s1. The second kappa shape index (κ2) is 5.92. The number of benzene rings is 1. The molecule has 2 aliphatic carbocycles. The van der Waals surface area contributed by atoms with Crippen molar-refractivity contribution < 1.29 is 9.53 Å². The van der Waals surface area contributed by atoms with Crippen LogP contribution in [0.1, 0.15) is 50.4 Å². The van der Waals surface area contributed by atoms with Crippen LogP contribution in [-0.2, 0) is 0 Å². The fourth-order valence-electron chi connectivity index (χ4n) is 4.17. The molecule has 1 amide bonds. The molecular formula is C18H22Cl2N2O2. The molecule has 2 atom stereocenters. The van der Waals surface area contributed by atoms with Crippen LogP contribution in [0.2, 0.25) is 10.0 Å². The predicted octanol–water partition coefficient (Wildman–Crippen LogP) is 4.93. The van der Waals surface area contributed by atoms with Gasteiger partial charge in [0.1, 0.15) is 0 Å². The van der Waals surface area contributed by atoms with Crippen molar-refractivity contribution in [2.24, 2.45) is 21.8 Å². The Morgan fingerprint density at radius 1 is 1.29 bits per heavy atom. The minimum atomic E-state index is -0.321. The SMILES string of the molecule is COc1c(Cl)cc(C(=O)N/N=C2/C[C@H]3CC[C@]2(C)C3(C)C)cc1Cl. The fourth-order valence-corrected chi connectivity index (χ4v) is 4.81. The van der Waals surface area contributed by atoms with Gasteiger partial charge in [0.2, 0.25) is 0 Å². The molecule has 2 fully saturated rings. The van der Waals surface area contributed by atoms with E-state index in [4.69, 9.17) is 27.9 Å². The Morgan fingerprint density at radius 2 is 1.92 bits per heavy atom. The number of nitrogens with one attached hydrogen (secondary N) is 1. The third-order valence-electron chi connectivity index (χ3n) is 6.27. The highest BCUT2D eigenvalue weighted by atomic mass is 35.5. The molecule has 6 heteroatoms. The van der Waals surface area contributed by atoms with Gasteiger partial charge in [0.15, 0.2) is 5.75 Å². The van der Waals surface area contributed by atoms with Crippen LogP contribution in [0.4, 0.5) is 0 Å². The molecular weight excluding hydrogens is 347 g/mol. The second-order valence-electron chi connectivity index (χ2n) is 7.47. The molecule has 2 aliphatic rings. The van der Waals surface area contributed by atoms with Crippen LogP contribution in [0.3, 0.4) is 0 Å². The van der Waals surface area contributed by atoms with Gasteiger partial charge >= 0.3 is 0 Å². The molecule has 0 heterocycles. The number of amides is 1. The lowest BCUT2D eigenvalue weighted by Crippen LogP contribution is -2.34. The molecule has 3 rings (SSSR count). The van der Waals surface area contributed by atoms with E-state index in [1.807, 2.05) is 0 Å². The number of ether oxygens (including phenoxy) is 1. The molecule has 1 N–H and O–H groups in total. The van der Waals surface area contributed by atoms with E-state index >= 15 is 0 Å². The van der Waals surface area contributed by atoms with Crippen molar-refractivity contribution in [2.75, 3.05) is 7.11 Å². The Bertz CT molecular complexity index is 707. The van der Waals surface area contributed by atoms with E-state index in [9.17, 15) is 4.79 Å². The van der Waals surface area contributed by atoms with Crippen LogP contribution in [0, 0.1) is 16.7 Å². The molecule has 1 aromatic rings. The van der Waals surface area contributed by atoms with Gasteiger partial charge in [0.25, 0.3) is 5.91 Å². The molecule has 0 aliphatic heterocycles. The summed E-state index contributed by atoms with van der Waals surface area (Å²) in [5.74, 6) is 0.685. The van der Waals surface area contributed by atoms with Crippen LogP contribution in [0.25, 0.3) is 0 Å². The molecule has 4 nitrogen and oxygen atoms in total. The Morgan fingerprint density at radius 3 is 2.38 bits per heavy atom. The molecule has 130 valence electrons. The topological polar surface area (TPSA) is 50.7 Å². The first-order valence-corrected chi connectivity index (χ1v) is 8.86. The maximum atomic E-state index is 12.4. The van der Waals surface area contributed by atoms with E-state index in [1.165, 1.54) is 25.7 Å². The molecule has 0 unspecified atom stereocenters. The number of hydrogen-bond donors (Lipinski definition) is 1. The number of nitrogens with zero attached hydrogens (tertiary/aromatic N) is 1. The monoisotopic (exact) mass is 368 g/mol. The predicted molar refractivity (Wildman–Crippen MR) is 97.1 cm³/mol. The minimum absolute atomic E-state index is 0.0557. The Kier molecular flexibility index (Phi) is 4.33. The van der Waals surface area contributed by atoms with Gasteiger partial charge < -0.3 is 4.74 Å². The van der Waals surface area contributed by atoms with Gasteiger partial charge in [0, 0.05) is 16.7 Å². The quantitative estimate of drug-likeness (QED) is 0.768. The summed E-state index contributed by atoms with van der Waals surface area (Å²) in [5.41, 5.74) is 4.40. The normalized spacial score (nSPS) is 29.1. The molecule has 24 heavy (non-hydrogen) atoms. The first-order chi connectivity index (χ1) is 11.2. The fraction of sp³-hybridized carbons (Fsp3) is 0.556. The Balaban J connectivity index is 1.80. The smallest absolute Gasteiger partial charge is 0.271 e. The molecule has 0 radical (unpaired) electrons. The lowest BCUT2D eigenvalue weighted by Gasteiger charge is -2.34. The molecule has 2 saturated carbocycles. The average Bonchev–Trinajstić information content (AvgIpc) is 2.85. The third kappa shape index (κ3) is 2.51. The van der Waals surface area contributed by atoms with E-state index in [2.05, 4.69) is 31.3 Å². The van der Waals surface area contributed by atoms with Crippen LogP contribution < -0.4 is 10.2 Å². The van der Waals surface area contributed by atoms with Gasteiger partial charge in [0.05, 0.1) is 17.2 Å². The summed E-state index contributed by atoms with van der Waals surface area (Å²) in [5, 5.41) is 5.05. The van der Waals surface area contributed by atoms with Crippen LogP contribution in [0.5, 0.6) is 5.75 Å². The van der Waals surface area contributed by atoms with Crippen LogP contribution >= 0.6 is 23.2 Å². The number of methoxy groups -OCH3 is 1. The molecule has 2 bridgehead atoms. The summed E-state index contributed by atoms with van der Waals surface area (Å²) in [4.78, 5) is 12.4. The summed E-state index contributed by atoms with van der Waals surface area (Å²) >= 11 is 12.2. The summed E-state index contributed by atoms with van der Waals surface area (Å²) in [7, 11) is 1.48. The maximum Gasteiger partial charge on any atom is 0.271 e. The lowest BCUT2D eigenvalue weighted by molar-refractivity contribution is 0.0954. The Labute approximate surface area is 152 Å². The summed E-state index contributed by atoms with van der Waals surface area (Å²) in [6, 6.07) is 3.07. The van der Waals surface area contributed by atoms with Crippen LogP contribution in [0.15, 0.2) is 17.2 Å². The van der Waals surface area contributed by atoms with Gasteiger partial charge in [-0.3, -0.25) is 4.79 Å². The number of hydrazone groups is 1. The summed E-state index contributed by atoms with van der Waals surface area (Å²) in [6.45, 7) is 6.86. The number of fused-ring (bicyclic) bond motifs is 2. The number of halogens is 2. The van der Waals surface area contributed by atoms with Gasteiger partial charge in [-0.1, -0.05) is 44.0 Å². The van der Waals surface area contributed by atoms with Crippen molar-refractivity contribution in [1.82, 2.24) is 5.43 Å². The van der Waals surface area contributed by atoms with E-state index in [1.54, 1.807) is 0 Å². The zero-order valence-electron chi connectivity index (χ0n) is 14.4.